The van der Waals surface area contributed by atoms with Gasteiger partial charge in [0.15, 0.2) is 5.65 Å². The highest BCUT2D eigenvalue weighted by atomic mass is 16.5. The summed E-state index contributed by atoms with van der Waals surface area (Å²) in [5, 5.41) is 8.78. The lowest BCUT2D eigenvalue weighted by Crippen LogP contribution is -2.35. The highest BCUT2D eigenvalue weighted by Gasteiger charge is 2.15. The zero-order valence-electron chi connectivity index (χ0n) is 19.2. The van der Waals surface area contributed by atoms with Gasteiger partial charge in [0.1, 0.15) is 0 Å². The molecule has 0 spiro atoms. The summed E-state index contributed by atoms with van der Waals surface area (Å²) in [4.78, 5) is 19.8. The van der Waals surface area contributed by atoms with Crippen molar-refractivity contribution in [2.45, 2.75) is 33.2 Å². The first kappa shape index (κ1) is 21.6. The molecular weight excluding hydrogens is 414 g/mol. The number of aryl methyl sites for hydroxylation is 2. The van der Waals surface area contributed by atoms with Gasteiger partial charge in [0.2, 0.25) is 5.91 Å². The summed E-state index contributed by atoms with van der Waals surface area (Å²) in [6, 6.07) is 16.2. The lowest BCUT2D eigenvalue weighted by Gasteiger charge is -2.26. The van der Waals surface area contributed by atoms with Crippen molar-refractivity contribution >= 4 is 28.1 Å². The smallest absolute Gasteiger partial charge is 0.224 e. The molecule has 2 aromatic heterocycles. The van der Waals surface area contributed by atoms with Crippen LogP contribution in [0.25, 0.3) is 16.6 Å². The molecule has 4 aromatic rings. The van der Waals surface area contributed by atoms with E-state index in [-0.39, 0.29) is 5.91 Å². The molecule has 0 atom stereocenters. The number of ether oxygens (including phenoxy) is 1. The monoisotopic (exact) mass is 443 g/mol. The average Bonchev–Trinajstić information content (AvgIpc) is 3.20. The van der Waals surface area contributed by atoms with Crippen LogP contribution in [0.1, 0.15) is 28.9 Å². The van der Waals surface area contributed by atoms with Crippen LogP contribution in [0.5, 0.6) is 0 Å². The molecule has 5 rings (SSSR count). The van der Waals surface area contributed by atoms with E-state index in [4.69, 9.17) is 14.8 Å². The zero-order valence-corrected chi connectivity index (χ0v) is 19.2. The number of rotatable bonds is 6. The molecular formula is C26H29N5O2. The number of morpholine rings is 1. The molecule has 33 heavy (non-hydrogen) atoms. The number of fused-ring (bicyclic) bond motifs is 3. The number of hydrogen-bond acceptors (Lipinski definition) is 5. The first-order valence-electron chi connectivity index (χ1n) is 11.5. The lowest BCUT2D eigenvalue weighted by atomic mass is 10.1. The summed E-state index contributed by atoms with van der Waals surface area (Å²) < 4.78 is 7.31. The molecule has 1 aliphatic rings. The molecule has 0 bridgehead atoms. The molecule has 7 nitrogen and oxygen atoms in total. The Kier molecular flexibility index (Phi) is 6.07. The maximum Gasteiger partial charge on any atom is 0.224 e. The third-order valence-electron chi connectivity index (χ3n) is 6.37. The van der Waals surface area contributed by atoms with Crippen LogP contribution in [-0.4, -0.2) is 51.7 Å². The van der Waals surface area contributed by atoms with Gasteiger partial charge in [-0.25, -0.2) is 9.50 Å². The SMILES string of the molecule is Cc1nc2c3ccccc3nn2c(C)c1CCC(=O)Nc1ccc(CN2CCOCC2)cc1. The van der Waals surface area contributed by atoms with Crippen LogP contribution in [0.2, 0.25) is 0 Å². The van der Waals surface area contributed by atoms with Gasteiger partial charge in [-0.05, 0) is 55.7 Å². The van der Waals surface area contributed by atoms with Gasteiger partial charge in [-0.3, -0.25) is 9.69 Å². The first-order valence-corrected chi connectivity index (χ1v) is 11.5. The molecule has 1 amide bonds. The molecule has 0 unspecified atom stereocenters. The van der Waals surface area contributed by atoms with Crippen LogP contribution < -0.4 is 5.32 Å². The Balaban J connectivity index is 1.23. The van der Waals surface area contributed by atoms with E-state index in [9.17, 15) is 4.79 Å². The average molecular weight is 444 g/mol. The van der Waals surface area contributed by atoms with Crippen molar-refractivity contribution in [3.05, 3.63) is 71.0 Å². The van der Waals surface area contributed by atoms with Gasteiger partial charge in [-0.2, -0.15) is 5.10 Å². The fraction of sp³-hybridized carbons (Fsp3) is 0.346. The van der Waals surface area contributed by atoms with Crippen molar-refractivity contribution < 1.29 is 9.53 Å². The van der Waals surface area contributed by atoms with E-state index in [0.717, 1.165) is 72.0 Å². The Morgan fingerprint density at radius 2 is 1.82 bits per heavy atom. The van der Waals surface area contributed by atoms with Crippen molar-refractivity contribution in [2.24, 2.45) is 0 Å². The fourth-order valence-corrected chi connectivity index (χ4v) is 4.51. The second kappa shape index (κ2) is 9.29. The maximum atomic E-state index is 12.6. The van der Waals surface area contributed by atoms with Gasteiger partial charge in [-0.15, -0.1) is 0 Å². The van der Waals surface area contributed by atoms with E-state index in [2.05, 4.69) is 22.3 Å². The van der Waals surface area contributed by atoms with Gasteiger partial charge in [0.25, 0.3) is 0 Å². The van der Waals surface area contributed by atoms with Crippen LogP contribution >= 0.6 is 0 Å². The standard InChI is InChI=1S/C26H29N5O2/c1-18-22(19(2)31-26(27-18)23-5-3-4-6-24(23)29-31)11-12-25(32)28-21-9-7-20(8-10-21)17-30-13-15-33-16-14-30/h3-10H,11-17H2,1-2H3,(H,28,32). The molecule has 2 aromatic carbocycles. The predicted molar refractivity (Wildman–Crippen MR) is 129 cm³/mol. The Bertz CT molecular complexity index is 1290. The number of hydrogen-bond donors (Lipinski definition) is 1. The van der Waals surface area contributed by atoms with E-state index in [0.29, 0.717) is 12.8 Å². The van der Waals surface area contributed by atoms with Crippen molar-refractivity contribution in [2.75, 3.05) is 31.6 Å². The van der Waals surface area contributed by atoms with E-state index in [1.807, 2.05) is 54.8 Å². The minimum atomic E-state index is 0.000419. The number of nitrogens with zero attached hydrogens (tertiary/aromatic N) is 4. The van der Waals surface area contributed by atoms with Crippen LogP contribution in [0.15, 0.2) is 48.5 Å². The van der Waals surface area contributed by atoms with E-state index >= 15 is 0 Å². The molecule has 7 heteroatoms. The summed E-state index contributed by atoms with van der Waals surface area (Å²) in [6.45, 7) is 8.50. The number of carbonyl (C=O) groups is 1. The molecule has 1 N–H and O–H groups in total. The third kappa shape index (κ3) is 4.60. The van der Waals surface area contributed by atoms with Crippen molar-refractivity contribution in [1.82, 2.24) is 19.5 Å². The highest BCUT2D eigenvalue weighted by molar-refractivity contribution is 5.92. The third-order valence-corrected chi connectivity index (χ3v) is 6.37. The molecule has 170 valence electrons. The summed E-state index contributed by atoms with van der Waals surface area (Å²) in [6.07, 6.45) is 1.02. The van der Waals surface area contributed by atoms with Crippen molar-refractivity contribution in [1.29, 1.82) is 0 Å². The molecule has 0 radical (unpaired) electrons. The topological polar surface area (TPSA) is 71.8 Å². The second-order valence-electron chi connectivity index (χ2n) is 8.65. The van der Waals surface area contributed by atoms with Gasteiger partial charge in [0.05, 0.1) is 18.7 Å². The Morgan fingerprint density at radius 1 is 1.06 bits per heavy atom. The van der Waals surface area contributed by atoms with Crippen molar-refractivity contribution in [3.8, 4) is 0 Å². The Morgan fingerprint density at radius 3 is 2.61 bits per heavy atom. The molecule has 1 aliphatic heterocycles. The van der Waals surface area contributed by atoms with E-state index < -0.39 is 0 Å². The van der Waals surface area contributed by atoms with Crippen LogP contribution in [-0.2, 0) is 22.5 Å². The van der Waals surface area contributed by atoms with Crippen LogP contribution in [0, 0.1) is 13.8 Å². The Labute approximate surface area is 193 Å². The quantitative estimate of drug-likeness (QED) is 0.489. The highest BCUT2D eigenvalue weighted by Crippen LogP contribution is 2.23. The summed E-state index contributed by atoms with van der Waals surface area (Å²) in [5.74, 6) is 0.000419. The maximum absolute atomic E-state index is 12.6. The first-order chi connectivity index (χ1) is 16.1. The molecule has 1 saturated heterocycles. The minimum absolute atomic E-state index is 0.000419. The summed E-state index contributed by atoms with van der Waals surface area (Å²) >= 11 is 0. The predicted octanol–water partition coefficient (Wildman–Crippen LogP) is 3.90. The molecule has 1 fully saturated rings. The van der Waals surface area contributed by atoms with Crippen LogP contribution in [0.3, 0.4) is 0 Å². The summed E-state index contributed by atoms with van der Waals surface area (Å²) in [5.41, 5.74) is 6.93. The number of carbonyl (C=O) groups excluding carboxylic acids is 1. The molecule has 0 saturated carbocycles. The number of aromatic nitrogens is 3. The largest absolute Gasteiger partial charge is 0.379 e. The van der Waals surface area contributed by atoms with E-state index in [1.165, 1.54) is 5.56 Å². The zero-order chi connectivity index (χ0) is 22.8. The van der Waals surface area contributed by atoms with Gasteiger partial charge in [-0.1, -0.05) is 24.3 Å². The number of anilines is 1. The summed E-state index contributed by atoms with van der Waals surface area (Å²) in [7, 11) is 0. The molecule has 3 heterocycles. The fourth-order valence-electron chi connectivity index (χ4n) is 4.51. The number of nitrogens with one attached hydrogen (secondary N) is 1. The number of amides is 1. The minimum Gasteiger partial charge on any atom is -0.379 e. The van der Waals surface area contributed by atoms with E-state index in [1.54, 1.807) is 0 Å². The van der Waals surface area contributed by atoms with Gasteiger partial charge in [0, 0.05) is 48.5 Å². The molecule has 0 aliphatic carbocycles. The normalized spacial score (nSPS) is 14.7. The number of benzene rings is 2. The Hall–Kier alpha value is -3.29. The van der Waals surface area contributed by atoms with Gasteiger partial charge >= 0.3 is 0 Å². The van der Waals surface area contributed by atoms with Crippen LogP contribution in [0.4, 0.5) is 5.69 Å². The van der Waals surface area contributed by atoms with Crippen molar-refractivity contribution in [3.63, 3.8) is 0 Å². The second-order valence-corrected chi connectivity index (χ2v) is 8.65. The lowest BCUT2D eigenvalue weighted by molar-refractivity contribution is -0.116. The van der Waals surface area contributed by atoms with Gasteiger partial charge < -0.3 is 10.1 Å².